The number of nitrogens with one attached hydrogen (secondary N) is 2. The van der Waals surface area contributed by atoms with Gasteiger partial charge in [-0.3, -0.25) is 4.79 Å². The summed E-state index contributed by atoms with van der Waals surface area (Å²) in [6.07, 6.45) is -2.79. The van der Waals surface area contributed by atoms with Crippen molar-refractivity contribution in [1.29, 1.82) is 5.26 Å². The summed E-state index contributed by atoms with van der Waals surface area (Å²) in [7, 11) is 0. The number of benzene rings is 1. The van der Waals surface area contributed by atoms with Crippen LogP contribution < -0.4 is 16.4 Å². The van der Waals surface area contributed by atoms with E-state index < -0.39 is 17.6 Å². The minimum absolute atomic E-state index is 0.0547. The maximum atomic E-state index is 12.7. The van der Waals surface area contributed by atoms with Crippen LogP contribution in [0.5, 0.6) is 0 Å². The Hall–Kier alpha value is -3.00. The Balaban J connectivity index is 2.09. The third-order valence-corrected chi connectivity index (χ3v) is 3.78. The second kappa shape index (κ2) is 7.92. The molecular weight excluding hydrogens is 369 g/mol. The molecule has 1 aromatic carbocycles. The van der Waals surface area contributed by atoms with Crippen LogP contribution in [0, 0.1) is 11.3 Å². The lowest BCUT2D eigenvalue weighted by molar-refractivity contribution is -0.137. The zero-order valence-electron chi connectivity index (χ0n) is 13.4. The fraction of sp³-hybridized carbons (Fsp3) is 0.200. The van der Waals surface area contributed by atoms with Crippen LogP contribution in [-0.4, -0.2) is 28.7 Å². The first-order valence-corrected chi connectivity index (χ1v) is 8.29. The summed E-state index contributed by atoms with van der Waals surface area (Å²) in [5, 5.41) is 14.5. The number of nitrogens with two attached hydrogens (primary N) is 1. The number of hydrogen-bond acceptors (Lipinski definition) is 7. The molecule has 2 aromatic rings. The first-order chi connectivity index (χ1) is 12.2. The number of anilines is 3. The van der Waals surface area contributed by atoms with Gasteiger partial charge in [-0.25, -0.2) is 4.98 Å². The van der Waals surface area contributed by atoms with E-state index in [-0.39, 0.29) is 29.6 Å². The van der Waals surface area contributed by atoms with Crippen LogP contribution >= 0.6 is 11.8 Å². The number of nitrogens with zero attached hydrogens (tertiary/aromatic N) is 3. The molecule has 0 aliphatic rings. The van der Waals surface area contributed by atoms with Gasteiger partial charge in [-0.2, -0.15) is 23.4 Å². The van der Waals surface area contributed by atoms with E-state index >= 15 is 0 Å². The topological polar surface area (TPSA) is 117 Å². The van der Waals surface area contributed by atoms with E-state index in [2.05, 4.69) is 20.6 Å². The van der Waals surface area contributed by atoms with Gasteiger partial charge in [0.2, 0.25) is 11.9 Å². The van der Waals surface area contributed by atoms with Crippen LogP contribution in [0.3, 0.4) is 0 Å². The van der Waals surface area contributed by atoms with E-state index in [0.717, 1.165) is 23.9 Å². The van der Waals surface area contributed by atoms with Crippen molar-refractivity contribution in [2.45, 2.75) is 11.2 Å². The van der Waals surface area contributed by atoms with Gasteiger partial charge in [0.05, 0.1) is 12.1 Å². The molecule has 1 amide bonds. The van der Waals surface area contributed by atoms with Crippen molar-refractivity contribution in [3.8, 4) is 6.07 Å². The van der Waals surface area contributed by atoms with E-state index in [0.29, 0.717) is 5.03 Å². The highest BCUT2D eigenvalue weighted by Crippen LogP contribution is 2.30. The van der Waals surface area contributed by atoms with E-state index in [4.69, 9.17) is 5.73 Å². The molecule has 26 heavy (non-hydrogen) atoms. The molecule has 0 radical (unpaired) electrons. The Labute approximate surface area is 150 Å². The van der Waals surface area contributed by atoms with Crippen molar-refractivity contribution in [2.24, 2.45) is 0 Å². The molecule has 0 aliphatic carbocycles. The predicted octanol–water partition coefficient (Wildman–Crippen LogP) is 2.72. The highest BCUT2D eigenvalue weighted by Gasteiger charge is 2.30. The van der Waals surface area contributed by atoms with E-state index in [9.17, 15) is 23.2 Å². The number of carbonyl (C=O) groups is 1. The molecular formula is C15H13F3N6OS. The highest BCUT2D eigenvalue weighted by molar-refractivity contribution is 7.98. The number of amides is 1. The summed E-state index contributed by atoms with van der Waals surface area (Å²) in [4.78, 5) is 19.7. The molecule has 2 rings (SSSR count). The molecule has 1 heterocycles. The van der Waals surface area contributed by atoms with Crippen LogP contribution in [0.25, 0.3) is 0 Å². The number of rotatable bonds is 5. The lowest BCUT2D eigenvalue weighted by Gasteiger charge is -2.12. The minimum Gasteiger partial charge on any atom is -0.376 e. The highest BCUT2D eigenvalue weighted by atomic mass is 32.2. The summed E-state index contributed by atoms with van der Waals surface area (Å²) in [6, 6.07) is 6.33. The average molecular weight is 382 g/mol. The smallest absolute Gasteiger partial charge is 0.376 e. The lowest BCUT2D eigenvalue weighted by atomic mass is 10.2. The molecule has 1 aromatic heterocycles. The fourth-order valence-electron chi connectivity index (χ4n) is 1.96. The van der Waals surface area contributed by atoms with E-state index in [1.54, 1.807) is 6.26 Å². The zero-order chi connectivity index (χ0) is 19.3. The summed E-state index contributed by atoms with van der Waals surface area (Å²) in [5.74, 6) is -0.779. The standard InChI is InChI=1S/C15H13F3N6OS/c1-26-13-10(6-19)12(23-14(20)24-13)22-11(25)7-21-9-4-2-3-8(5-9)15(16,17)18/h2-5,21H,7H2,1H3,(H3,20,22,23,24,25). The van der Waals surface area contributed by atoms with Crippen LogP contribution in [0.15, 0.2) is 29.3 Å². The molecule has 0 atom stereocenters. The normalized spacial score (nSPS) is 10.9. The van der Waals surface area contributed by atoms with Crippen LogP contribution in [0.2, 0.25) is 0 Å². The van der Waals surface area contributed by atoms with Crippen molar-refractivity contribution in [3.05, 3.63) is 35.4 Å². The van der Waals surface area contributed by atoms with Crippen LogP contribution in [-0.2, 0) is 11.0 Å². The maximum Gasteiger partial charge on any atom is 0.416 e. The Morgan fingerprint density at radius 1 is 1.38 bits per heavy atom. The fourth-order valence-corrected chi connectivity index (χ4v) is 2.49. The largest absolute Gasteiger partial charge is 0.416 e. The molecule has 0 unspecified atom stereocenters. The molecule has 4 N–H and O–H groups in total. The van der Waals surface area contributed by atoms with Crippen molar-refractivity contribution >= 4 is 35.1 Å². The summed E-state index contributed by atoms with van der Waals surface area (Å²) < 4.78 is 38.0. The molecule has 0 bridgehead atoms. The van der Waals surface area contributed by atoms with Crippen molar-refractivity contribution in [2.75, 3.05) is 29.2 Å². The average Bonchev–Trinajstić information content (AvgIpc) is 2.59. The Morgan fingerprint density at radius 2 is 2.12 bits per heavy atom. The van der Waals surface area contributed by atoms with Gasteiger partial charge < -0.3 is 16.4 Å². The number of halogens is 3. The van der Waals surface area contributed by atoms with Crippen LogP contribution in [0.4, 0.5) is 30.6 Å². The summed E-state index contributed by atoms with van der Waals surface area (Å²) >= 11 is 1.16. The summed E-state index contributed by atoms with van der Waals surface area (Å²) in [5.41, 5.74) is 4.89. The zero-order valence-corrected chi connectivity index (χ0v) is 14.2. The van der Waals surface area contributed by atoms with Gasteiger partial charge in [0.1, 0.15) is 16.7 Å². The number of nitriles is 1. The Morgan fingerprint density at radius 3 is 2.73 bits per heavy atom. The first-order valence-electron chi connectivity index (χ1n) is 7.07. The minimum atomic E-state index is -4.48. The molecule has 0 saturated heterocycles. The molecule has 0 fully saturated rings. The van der Waals surface area contributed by atoms with Gasteiger partial charge >= 0.3 is 6.18 Å². The van der Waals surface area contributed by atoms with Gasteiger partial charge in [-0.05, 0) is 24.5 Å². The number of carbonyl (C=O) groups excluding carboxylic acids is 1. The lowest BCUT2D eigenvalue weighted by Crippen LogP contribution is -2.23. The van der Waals surface area contributed by atoms with Gasteiger partial charge in [-0.15, -0.1) is 11.8 Å². The molecule has 136 valence electrons. The molecule has 7 nitrogen and oxygen atoms in total. The number of nitrogen functional groups attached to an aromatic ring is 1. The van der Waals surface area contributed by atoms with Gasteiger partial charge in [0, 0.05) is 5.69 Å². The van der Waals surface area contributed by atoms with Crippen LogP contribution in [0.1, 0.15) is 11.1 Å². The predicted molar refractivity (Wildman–Crippen MR) is 91.5 cm³/mol. The molecule has 0 spiro atoms. The number of hydrogen-bond donors (Lipinski definition) is 3. The van der Waals surface area contributed by atoms with Gasteiger partial charge in [0.25, 0.3) is 0 Å². The third kappa shape index (κ3) is 4.76. The second-order valence-electron chi connectivity index (χ2n) is 4.91. The number of thioether (sulfide) groups is 1. The molecule has 0 aliphatic heterocycles. The van der Waals surface area contributed by atoms with Gasteiger partial charge in [0.15, 0.2) is 5.82 Å². The van der Waals surface area contributed by atoms with Crippen molar-refractivity contribution in [3.63, 3.8) is 0 Å². The number of alkyl halides is 3. The SMILES string of the molecule is CSc1nc(N)nc(NC(=O)CNc2cccc(C(F)(F)F)c2)c1C#N. The van der Waals surface area contributed by atoms with E-state index in [1.807, 2.05) is 6.07 Å². The van der Waals surface area contributed by atoms with Gasteiger partial charge in [-0.1, -0.05) is 6.07 Å². The first kappa shape index (κ1) is 19.3. The maximum absolute atomic E-state index is 12.7. The third-order valence-electron chi connectivity index (χ3n) is 3.10. The number of aromatic nitrogens is 2. The Bertz CT molecular complexity index is 865. The monoisotopic (exact) mass is 382 g/mol. The second-order valence-corrected chi connectivity index (χ2v) is 5.70. The summed E-state index contributed by atoms with van der Waals surface area (Å²) in [6.45, 7) is -0.329. The molecule has 0 saturated carbocycles. The molecule has 11 heteroatoms. The van der Waals surface area contributed by atoms with Crippen molar-refractivity contribution in [1.82, 2.24) is 9.97 Å². The quantitative estimate of drug-likeness (QED) is 0.538. The van der Waals surface area contributed by atoms with Crippen molar-refractivity contribution < 1.29 is 18.0 Å². The van der Waals surface area contributed by atoms with E-state index in [1.165, 1.54) is 12.1 Å². The Kier molecular flexibility index (Phi) is 5.89.